The average Bonchev–Trinajstić information content (AvgIpc) is 4.00. The van der Waals surface area contributed by atoms with Crippen molar-refractivity contribution in [3.63, 3.8) is 0 Å². The minimum Gasteiger partial charge on any atom is -0.456 e. The van der Waals surface area contributed by atoms with Crippen LogP contribution in [0.1, 0.15) is 0 Å². The molecule has 4 heterocycles. The Bertz CT molecular complexity index is 3550. The third-order valence-electron chi connectivity index (χ3n) is 11.1. The van der Waals surface area contributed by atoms with E-state index in [9.17, 15) is 0 Å². The van der Waals surface area contributed by atoms with Gasteiger partial charge >= 0.3 is 0 Å². The maximum Gasteiger partial charge on any atom is 0.164 e. The largest absolute Gasteiger partial charge is 0.456 e. The lowest BCUT2D eigenvalue weighted by Crippen LogP contribution is -2.00. The highest BCUT2D eigenvalue weighted by Gasteiger charge is 2.18. The van der Waals surface area contributed by atoms with Crippen LogP contribution in [-0.4, -0.2) is 24.5 Å². The zero-order chi connectivity index (χ0) is 38.9. The van der Waals surface area contributed by atoms with Crippen molar-refractivity contribution in [2.24, 2.45) is 0 Å². The van der Waals surface area contributed by atoms with E-state index in [1.807, 2.05) is 78.1 Å². The Morgan fingerprint density at radius 2 is 1.03 bits per heavy atom. The van der Waals surface area contributed by atoms with Gasteiger partial charge in [0.05, 0.1) is 11.0 Å². The number of benzene rings is 8. The van der Waals surface area contributed by atoms with Crippen LogP contribution in [-0.2, 0) is 0 Å². The van der Waals surface area contributed by atoms with Gasteiger partial charge in [0, 0.05) is 58.9 Å². The molecule has 0 radical (unpaired) electrons. The van der Waals surface area contributed by atoms with Crippen LogP contribution in [0.25, 0.3) is 116 Å². The summed E-state index contributed by atoms with van der Waals surface area (Å²) in [7, 11) is 0. The molecule has 0 aliphatic carbocycles. The predicted molar refractivity (Wildman–Crippen MR) is 242 cm³/mol. The minimum atomic E-state index is 0.592. The molecule has 6 nitrogen and oxygen atoms in total. The number of imidazole rings is 1. The van der Waals surface area contributed by atoms with E-state index in [0.717, 1.165) is 72.3 Å². The van der Waals surface area contributed by atoms with Gasteiger partial charge in [0.2, 0.25) is 0 Å². The third kappa shape index (κ3) is 5.62. The van der Waals surface area contributed by atoms with Gasteiger partial charge < -0.3 is 4.42 Å². The van der Waals surface area contributed by atoms with E-state index in [2.05, 4.69) is 126 Å². The van der Waals surface area contributed by atoms with Crippen LogP contribution in [0.4, 0.5) is 0 Å². The highest BCUT2D eigenvalue weighted by molar-refractivity contribution is 7.26. The second-order valence-corrected chi connectivity index (χ2v) is 15.7. The van der Waals surface area contributed by atoms with Gasteiger partial charge in [0.25, 0.3) is 0 Å². The summed E-state index contributed by atoms with van der Waals surface area (Å²) in [6, 6.07) is 65.1. The monoisotopic (exact) mass is 773 g/mol. The van der Waals surface area contributed by atoms with Crippen molar-refractivity contribution in [2.75, 3.05) is 0 Å². The molecule has 0 saturated heterocycles. The van der Waals surface area contributed by atoms with Crippen LogP contribution < -0.4 is 0 Å². The number of thiophene rings is 1. The molecule has 0 aliphatic heterocycles. The van der Waals surface area contributed by atoms with E-state index in [1.165, 1.54) is 25.7 Å². The van der Waals surface area contributed by atoms with Crippen molar-refractivity contribution in [2.45, 2.75) is 0 Å². The van der Waals surface area contributed by atoms with Crippen LogP contribution in [0.15, 0.2) is 192 Å². The Kier molecular flexibility index (Phi) is 7.61. The van der Waals surface area contributed by atoms with Gasteiger partial charge in [-0.15, -0.1) is 11.3 Å². The Morgan fingerprint density at radius 3 is 1.86 bits per heavy atom. The average molecular weight is 774 g/mol. The van der Waals surface area contributed by atoms with Crippen LogP contribution in [0.5, 0.6) is 0 Å². The summed E-state index contributed by atoms with van der Waals surface area (Å²) < 4.78 is 11.0. The minimum absolute atomic E-state index is 0.592. The summed E-state index contributed by atoms with van der Waals surface area (Å²) >= 11 is 1.83. The quantitative estimate of drug-likeness (QED) is 0.168. The lowest BCUT2D eigenvalue weighted by Gasteiger charge is -2.10. The van der Waals surface area contributed by atoms with E-state index in [0.29, 0.717) is 17.5 Å². The first-order valence-electron chi connectivity index (χ1n) is 19.5. The number of furan rings is 1. The fourth-order valence-electron chi connectivity index (χ4n) is 8.24. The van der Waals surface area contributed by atoms with Crippen LogP contribution in [0.2, 0.25) is 0 Å². The van der Waals surface area contributed by atoms with Crippen molar-refractivity contribution >= 4 is 64.5 Å². The lowest BCUT2D eigenvalue weighted by molar-refractivity contribution is 0.669. The Hall–Kier alpha value is -7.74. The van der Waals surface area contributed by atoms with Gasteiger partial charge in [-0.05, 0) is 71.8 Å². The maximum absolute atomic E-state index is 6.23. The number of fused-ring (bicyclic) bond motifs is 7. The fraction of sp³-hybridized carbons (Fsp3) is 0. The third-order valence-corrected chi connectivity index (χ3v) is 12.3. The van der Waals surface area contributed by atoms with Crippen LogP contribution in [0.3, 0.4) is 0 Å². The molecule has 0 fully saturated rings. The summed E-state index contributed by atoms with van der Waals surface area (Å²) in [4.78, 5) is 20.2. The van der Waals surface area contributed by atoms with Crippen molar-refractivity contribution in [1.29, 1.82) is 0 Å². The van der Waals surface area contributed by atoms with Gasteiger partial charge in [0.15, 0.2) is 17.5 Å². The van der Waals surface area contributed by atoms with Gasteiger partial charge in [0.1, 0.15) is 17.0 Å². The van der Waals surface area contributed by atoms with Crippen LogP contribution in [0, 0.1) is 0 Å². The number of rotatable bonds is 6. The first-order valence-corrected chi connectivity index (χ1v) is 20.4. The Morgan fingerprint density at radius 1 is 0.407 bits per heavy atom. The normalized spacial score (nSPS) is 11.7. The molecule has 276 valence electrons. The number of nitrogens with zero attached hydrogens (tertiary/aromatic N) is 5. The number of hydrogen-bond acceptors (Lipinski definition) is 6. The maximum atomic E-state index is 6.23. The highest BCUT2D eigenvalue weighted by Crippen LogP contribution is 2.42. The smallest absolute Gasteiger partial charge is 0.164 e. The second kappa shape index (κ2) is 13.4. The van der Waals surface area contributed by atoms with E-state index in [-0.39, 0.29) is 0 Å². The predicted octanol–water partition coefficient (Wildman–Crippen LogP) is 13.8. The zero-order valence-corrected chi connectivity index (χ0v) is 32.3. The molecule has 0 aliphatic rings. The summed E-state index contributed by atoms with van der Waals surface area (Å²) in [5, 5.41) is 4.61. The first kappa shape index (κ1) is 33.4. The molecular weight excluding hydrogens is 743 g/mol. The molecule has 7 heteroatoms. The highest BCUT2D eigenvalue weighted by atomic mass is 32.1. The van der Waals surface area contributed by atoms with Crippen molar-refractivity contribution in [3.05, 3.63) is 188 Å². The summed E-state index contributed by atoms with van der Waals surface area (Å²) in [6.07, 6.45) is 0. The van der Waals surface area contributed by atoms with Crippen LogP contribution >= 0.6 is 11.3 Å². The molecule has 8 aromatic carbocycles. The van der Waals surface area contributed by atoms with E-state index in [1.54, 1.807) is 0 Å². The van der Waals surface area contributed by atoms with Crippen molar-refractivity contribution in [1.82, 2.24) is 24.5 Å². The fourth-order valence-corrected chi connectivity index (χ4v) is 9.46. The molecule has 12 rings (SSSR count). The molecule has 59 heavy (non-hydrogen) atoms. The summed E-state index contributed by atoms with van der Waals surface area (Å²) in [5.74, 6) is 2.75. The van der Waals surface area contributed by atoms with Crippen molar-refractivity contribution < 1.29 is 4.42 Å². The van der Waals surface area contributed by atoms with Gasteiger partial charge in [-0.25, -0.2) is 19.9 Å². The molecule has 0 amide bonds. The van der Waals surface area contributed by atoms with Gasteiger partial charge in [-0.3, -0.25) is 4.57 Å². The molecule has 0 spiro atoms. The van der Waals surface area contributed by atoms with E-state index < -0.39 is 0 Å². The van der Waals surface area contributed by atoms with E-state index in [4.69, 9.17) is 24.4 Å². The Balaban J connectivity index is 0.935. The molecule has 0 unspecified atom stereocenters. The molecular formula is C52H31N5OS. The SMILES string of the molecule is c1ccc(-c2nc(-c3ccc(-c4cccc5c4sc4ccc(-c6nc7ccccc7n6-c6ccccc6)cc45)cc3)nc(-c3ccc4c(c3)oc3ccccc34)n2)cc1. The standard InChI is InChI=1S/C52H31N5OS/c1-3-12-33(13-4-1)49-54-50(56-51(55-49)35-26-28-40-39-16-7-10-21-45(39)58-46(40)31-35)34-24-22-32(23-25-34)38-17-11-18-41-42-30-36(27-29-47(42)59-48(38)41)52-53-43-19-8-9-20-44(43)57(52)37-14-5-2-6-15-37/h1-31H. The van der Waals surface area contributed by atoms with Gasteiger partial charge in [-0.1, -0.05) is 127 Å². The molecule has 12 aromatic rings. The van der Waals surface area contributed by atoms with Crippen molar-refractivity contribution in [3.8, 4) is 62.4 Å². The summed E-state index contributed by atoms with van der Waals surface area (Å²) in [6.45, 7) is 0. The molecule has 0 bridgehead atoms. The lowest BCUT2D eigenvalue weighted by atomic mass is 10.0. The first-order chi connectivity index (χ1) is 29.2. The molecule has 0 N–H and O–H groups in total. The van der Waals surface area contributed by atoms with Gasteiger partial charge in [-0.2, -0.15) is 0 Å². The molecule has 0 atom stereocenters. The van der Waals surface area contributed by atoms with E-state index >= 15 is 0 Å². The topological polar surface area (TPSA) is 69.6 Å². The summed E-state index contributed by atoms with van der Waals surface area (Å²) in [5.41, 5.74) is 10.9. The number of hydrogen-bond donors (Lipinski definition) is 0. The Labute approximate surface area is 342 Å². The number of aromatic nitrogens is 5. The number of para-hydroxylation sites is 4. The second-order valence-electron chi connectivity index (χ2n) is 14.6. The molecule has 4 aromatic heterocycles. The molecule has 0 saturated carbocycles. The zero-order valence-electron chi connectivity index (χ0n) is 31.5.